The summed E-state index contributed by atoms with van der Waals surface area (Å²) in [5, 5.41) is 9.64. The largest absolute Gasteiger partial charge is 0.390 e. The lowest BCUT2D eigenvalue weighted by atomic mass is 10.1. The molecule has 0 aromatic heterocycles. The summed E-state index contributed by atoms with van der Waals surface area (Å²) in [6, 6.07) is 0. The van der Waals surface area contributed by atoms with Gasteiger partial charge in [0.05, 0.1) is 6.10 Å². The third-order valence-electron chi connectivity index (χ3n) is 2.62. The molecule has 0 saturated heterocycles. The molecular formula is C12H23NO3. The van der Waals surface area contributed by atoms with Crippen molar-refractivity contribution in [3.63, 3.8) is 0 Å². The van der Waals surface area contributed by atoms with Gasteiger partial charge in [-0.25, -0.2) is 0 Å². The molecule has 0 spiro atoms. The molecule has 0 fully saturated rings. The number of carbonyl (C=O) groups excluding carboxylic acids is 1. The highest BCUT2D eigenvalue weighted by molar-refractivity contribution is 5.79. The van der Waals surface area contributed by atoms with Gasteiger partial charge in [0.15, 0.2) is 6.10 Å². The Morgan fingerprint density at radius 1 is 1.56 bits per heavy atom. The molecule has 3 N–H and O–H groups in total. The van der Waals surface area contributed by atoms with Gasteiger partial charge in [0.1, 0.15) is 0 Å². The van der Waals surface area contributed by atoms with Gasteiger partial charge < -0.3 is 15.6 Å². The molecule has 16 heavy (non-hydrogen) atoms. The van der Waals surface area contributed by atoms with Crippen LogP contribution in [0.1, 0.15) is 33.1 Å². The average molecular weight is 229 g/mol. The van der Waals surface area contributed by atoms with E-state index in [1.165, 1.54) is 7.11 Å². The Morgan fingerprint density at radius 2 is 2.19 bits per heavy atom. The zero-order valence-electron chi connectivity index (χ0n) is 10.3. The fourth-order valence-corrected chi connectivity index (χ4v) is 1.35. The molecule has 0 heterocycles. The van der Waals surface area contributed by atoms with Gasteiger partial charge in [-0.1, -0.05) is 32.4 Å². The van der Waals surface area contributed by atoms with Gasteiger partial charge in [-0.3, -0.25) is 4.79 Å². The number of hydrogen-bond donors (Lipinski definition) is 2. The van der Waals surface area contributed by atoms with Crippen molar-refractivity contribution < 1.29 is 14.6 Å². The van der Waals surface area contributed by atoms with Crippen molar-refractivity contribution in [2.24, 2.45) is 11.7 Å². The molecule has 0 aromatic carbocycles. The third-order valence-corrected chi connectivity index (χ3v) is 2.62. The summed E-state index contributed by atoms with van der Waals surface area (Å²) in [4.78, 5) is 10.9. The Labute approximate surface area is 97.5 Å². The van der Waals surface area contributed by atoms with E-state index in [9.17, 15) is 9.90 Å². The zero-order valence-corrected chi connectivity index (χ0v) is 10.3. The quantitative estimate of drug-likeness (QED) is 0.615. The molecule has 3 unspecified atom stereocenters. The van der Waals surface area contributed by atoms with Crippen molar-refractivity contribution in [2.45, 2.75) is 45.3 Å². The monoisotopic (exact) mass is 229 g/mol. The zero-order chi connectivity index (χ0) is 12.6. The minimum absolute atomic E-state index is 0.481. The first-order valence-corrected chi connectivity index (χ1v) is 5.69. The highest BCUT2D eigenvalue weighted by Gasteiger charge is 2.23. The maximum atomic E-state index is 10.9. The van der Waals surface area contributed by atoms with Crippen molar-refractivity contribution in [2.75, 3.05) is 7.11 Å². The number of aliphatic hydroxyl groups excluding tert-OH is 1. The number of nitrogens with two attached hydrogens (primary N) is 1. The first-order valence-electron chi connectivity index (χ1n) is 5.69. The van der Waals surface area contributed by atoms with Crippen molar-refractivity contribution in [3.8, 4) is 0 Å². The molecule has 0 aliphatic carbocycles. The Morgan fingerprint density at radius 3 is 2.62 bits per heavy atom. The Bertz CT molecular complexity index is 228. The van der Waals surface area contributed by atoms with E-state index in [-0.39, 0.29) is 0 Å². The molecule has 4 heteroatoms. The molecule has 0 aromatic rings. The van der Waals surface area contributed by atoms with Crippen LogP contribution >= 0.6 is 0 Å². The lowest BCUT2D eigenvalue weighted by molar-refractivity contribution is -0.134. The van der Waals surface area contributed by atoms with Gasteiger partial charge in [-0.2, -0.15) is 0 Å². The predicted octanol–water partition coefficient (Wildman–Crippen LogP) is 1.23. The standard InChI is InChI=1S/C12H23NO3/c1-4-9(2)7-5-6-8-10(14)11(16-3)12(13)15/h5,7,9-11,14H,4,6,8H2,1-3H3,(H2,13,15)/b7-5+. The van der Waals surface area contributed by atoms with E-state index in [0.717, 1.165) is 12.8 Å². The number of hydrogen-bond acceptors (Lipinski definition) is 3. The van der Waals surface area contributed by atoms with E-state index >= 15 is 0 Å². The molecule has 3 atom stereocenters. The average Bonchev–Trinajstić information content (AvgIpc) is 2.24. The first kappa shape index (κ1) is 15.1. The number of methoxy groups -OCH3 is 1. The summed E-state index contributed by atoms with van der Waals surface area (Å²) in [6.07, 6.45) is 4.69. The lowest BCUT2D eigenvalue weighted by Crippen LogP contribution is -2.40. The van der Waals surface area contributed by atoms with Crippen LogP contribution in [0.25, 0.3) is 0 Å². The summed E-state index contributed by atoms with van der Waals surface area (Å²) in [6.45, 7) is 4.26. The smallest absolute Gasteiger partial charge is 0.249 e. The summed E-state index contributed by atoms with van der Waals surface area (Å²) >= 11 is 0. The molecule has 0 radical (unpaired) electrons. The fraction of sp³-hybridized carbons (Fsp3) is 0.750. The Hall–Kier alpha value is -0.870. The number of amides is 1. The highest BCUT2D eigenvalue weighted by Crippen LogP contribution is 2.08. The van der Waals surface area contributed by atoms with E-state index < -0.39 is 18.1 Å². The van der Waals surface area contributed by atoms with E-state index in [1.54, 1.807) is 0 Å². The van der Waals surface area contributed by atoms with Crippen molar-refractivity contribution in [3.05, 3.63) is 12.2 Å². The number of carbonyl (C=O) groups is 1. The van der Waals surface area contributed by atoms with Gasteiger partial charge in [0, 0.05) is 7.11 Å². The second-order valence-electron chi connectivity index (χ2n) is 4.02. The second kappa shape index (κ2) is 8.30. The summed E-state index contributed by atoms with van der Waals surface area (Å²) < 4.78 is 4.82. The van der Waals surface area contributed by atoms with E-state index in [1.807, 2.05) is 6.08 Å². The topological polar surface area (TPSA) is 72.6 Å². The van der Waals surface area contributed by atoms with Crippen LogP contribution in [0.15, 0.2) is 12.2 Å². The van der Waals surface area contributed by atoms with Crippen molar-refractivity contribution in [1.82, 2.24) is 0 Å². The number of allylic oxidation sites excluding steroid dienone is 2. The number of ether oxygens (including phenoxy) is 1. The Balaban J connectivity index is 3.92. The molecule has 0 rings (SSSR count). The number of primary amides is 1. The van der Waals surface area contributed by atoms with E-state index in [4.69, 9.17) is 10.5 Å². The van der Waals surface area contributed by atoms with Crippen LogP contribution in [-0.4, -0.2) is 30.3 Å². The van der Waals surface area contributed by atoms with Crippen molar-refractivity contribution in [1.29, 1.82) is 0 Å². The predicted molar refractivity (Wildman–Crippen MR) is 63.8 cm³/mol. The fourth-order valence-electron chi connectivity index (χ4n) is 1.35. The molecule has 1 amide bonds. The van der Waals surface area contributed by atoms with E-state index in [0.29, 0.717) is 12.3 Å². The van der Waals surface area contributed by atoms with Crippen LogP contribution in [0.2, 0.25) is 0 Å². The van der Waals surface area contributed by atoms with Gasteiger partial charge in [0.25, 0.3) is 0 Å². The summed E-state index contributed by atoms with van der Waals surface area (Å²) in [5.41, 5.74) is 5.08. The molecular weight excluding hydrogens is 206 g/mol. The van der Waals surface area contributed by atoms with Gasteiger partial charge in [0.2, 0.25) is 5.91 Å². The SMILES string of the molecule is CCC(C)/C=C/CCC(O)C(OC)C(N)=O. The normalized spacial score (nSPS) is 17.2. The first-order chi connectivity index (χ1) is 7.52. The number of aliphatic hydroxyl groups is 1. The van der Waals surface area contributed by atoms with Crippen LogP contribution in [0.4, 0.5) is 0 Å². The van der Waals surface area contributed by atoms with Crippen LogP contribution in [0.3, 0.4) is 0 Å². The summed E-state index contributed by atoms with van der Waals surface area (Å²) in [5.74, 6) is -0.0765. The Kier molecular flexibility index (Phi) is 7.85. The number of rotatable bonds is 8. The molecule has 0 aliphatic rings. The van der Waals surface area contributed by atoms with Gasteiger partial charge in [-0.15, -0.1) is 0 Å². The molecule has 0 saturated carbocycles. The molecule has 4 nitrogen and oxygen atoms in total. The maximum Gasteiger partial charge on any atom is 0.249 e. The maximum absolute atomic E-state index is 10.9. The van der Waals surface area contributed by atoms with Gasteiger partial charge in [-0.05, 0) is 18.8 Å². The molecule has 0 aliphatic heterocycles. The van der Waals surface area contributed by atoms with E-state index in [2.05, 4.69) is 19.9 Å². The lowest BCUT2D eigenvalue weighted by Gasteiger charge is -2.17. The highest BCUT2D eigenvalue weighted by atomic mass is 16.5. The summed E-state index contributed by atoms with van der Waals surface area (Å²) in [7, 11) is 1.37. The minimum Gasteiger partial charge on any atom is -0.390 e. The van der Waals surface area contributed by atoms with Crippen LogP contribution < -0.4 is 5.73 Å². The third kappa shape index (κ3) is 5.88. The minimum atomic E-state index is -0.906. The second-order valence-corrected chi connectivity index (χ2v) is 4.02. The van der Waals surface area contributed by atoms with Gasteiger partial charge >= 0.3 is 0 Å². The van der Waals surface area contributed by atoms with Crippen LogP contribution in [0, 0.1) is 5.92 Å². The van der Waals surface area contributed by atoms with Crippen LogP contribution in [-0.2, 0) is 9.53 Å². The molecule has 0 bridgehead atoms. The van der Waals surface area contributed by atoms with Crippen LogP contribution in [0.5, 0.6) is 0 Å². The van der Waals surface area contributed by atoms with Crippen molar-refractivity contribution >= 4 is 5.91 Å². The molecule has 94 valence electrons.